The van der Waals surface area contributed by atoms with Crippen LogP contribution in [0.5, 0.6) is 0 Å². The maximum atomic E-state index is 4.84. The van der Waals surface area contributed by atoms with Gasteiger partial charge in [-0.25, -0.2) is 0 Å². The van der Waals surface area contributed by atoms with Gasteiger partial charge in [-0.1, -0.05) is 0 Å². The van der Waals surface area contributed by atoms with Crippen LogP contribution in [0.2, 0.25) is 0 Å². The molecule has 0 radical (unpaired) electrons. The Hall–Kier alpha value is -0.916. The molecule has 0 saturated carbocycles. The zero-order chi connectivity index (χ0) is 17.0. The molecule has 4 rings (SSSR count). The van der Waals surface area contributed by atoms with Gasteiger partial charge in [0.05, 0.1) is 0 Å². The van der Waals surface area contributed by atoms with Gasteiger partial charge in [-0.3, -0.25) is 0 Å². The maximum Gasteiger partial charge on any atom is -1.00 e. The minimum Gasteiger partial charge on any atom is -1.00 e. The Morgan fingerprint density at radius 1 is 0.692 bits per heavy atom. The minimum absolute atomic E-state index is 0. The largest absolute Gasteiger partial charge is 1.00 e. The third-order valence-electron chi connectivity index (χ3n) is 5.73. The molecule has 2 aromatic rings. The summed E-state index contributed by atoms with van der Waals surface area (Å²) >= 11 is -1.65. The van der Waals surface area contributed by atoms with Gasteiger partial charge in [0.2, 0.25) is 0 Å². The first-order valence-corrected chi connectivity index (χ1v) is 11.6. The van der Waals surface area contributed by atoms with E-state index in [1.165, 1.54) is 44.5 Å². The van der Waals surface area contributed by atoms with E-state index in [4.69, 9.17) is 4.82 Å². The van der Waals surface area contributed by atoms with E-state index in [0.717, 1.165) is 0 Å². The van der Waals surface area contributed by atoms with Gasteiger partial charge >= 0.3 is 151 Å². The van der Waals surface area contributed by atoms with Crippen LogP contribution in [0.15, 0.2) is 47.5 Å². The summed E-state index contributed by atoms with van der Waals surface area (Å²) in [6, 6.07) is 13.6. The maximum absolute atomic E-state index is 4.84. The molecule has 0 aromatic heterocycles. The zero-order valence-electron chi connectivity index (χ0n) is 15.7. The molecule has 0 bridgehead atoms. The van der Waals surface area contributed by atoms with E-state index in [2.05, 4.69) is 76.2 Å². The fraction of sp³-hybridized carbons (Fsp3) is 0.261. The van der Waals surface area contributed by atoms with E-state index in [-0.39, 0.29) is 24.8 Å². The quantitative estimate of drug-likeness (QED) is 0.601. The summed E-state index contributed by atoms with van der Waals surface area (Å²) in [7, 11) is 0. The van der Waals surface area contributed by atoms with Crippen molar-refractivity contribution in [3.8, 4) is 0 Å². The monoisotopic (exact) mass is 418 g/mol. The van der Waals surface area contributed by atoms with E-state index in [1.54, 1.807) is 0 Å². The average Bonchev–Trinajstić information content (AvgIpc) is 3.05. The first-order chi connectivity index (χ1) is 11.5. The molecule has 2 aliphatic rings. The third kappa shape index (κ3) is 3.23. The van der Waals surface area contributed by atoms with Crippen LogP contribution < -0.4 is 24.8 Å². The van der Waals surface area contributed by atoms with Crippen molar-refractivity contribution in [1.29, 1.82) is 0 Å². The molecule has 134 valence electrons. The number of rotatable bonds is 2. The third-order valence-corrected chi connectivity index (χ3v) is 10.4. The molecular formula is C23H24Cl2Ti. The van der Waals surface area contributed by atoms with Gasteiger partial charge in [-0.15, -0.1) is 0 Å². The van der Waals surface area contributed by atoms with Gasteiger partial charge < -0.3 is 24.8 Å². The van der Waals surface area contributed by atoms with Crippen LogP contribution in [-0.2, 0) is 17.4 Å². The molecule has 0 saturated heterocycles. The number of hydrogen-bond donors (Lipinski definition) is 0. The van der Waals surface area contributed by atoms with Gasteiger partial charge in [-0.2, -0.15) is 0 Å². The summed E-state index contributed by atoms with van der Waals surface area (Å²) in [5.74, 6) is 0. The van der Waals surface area contributed by atoms with Crippen molar-refractivity contribution in [2.24, 2.45) is 0 Å². The fourth-order valence-electron chi connectivity index (χ4n) is 4.57. The van der Waals surface area contributed by atoms with Crippen molar-refractivity contribution in [3.05, 3.63) is 80.9 Å². The van der Waals surface area contributed by atoms with E-state index in [9.17, 15) is 0 Å². The molecule has 2 aliphatic carbocycles. The molecule has 2 aromatic carbocycles. The Kier molecular flexibility index (Phi) is 6.57. The second-order valence-corrected chi connectivity index (χ2v) is 11.0. The van der Waals surface area contributed by atoms with Crippen molar-refractivity contribution in [2.45, 2.75) is 36.1 Å². The van der Waals surface area contributed by atoms with Crippen molar-refractivity contribution in [2.75, 3.05) is 0 Å². The number of allylic oxidation sites excluding steroid dienone is 2. The number of halogens is 2. The molecule has 0 aliphatic heterocycles. The molecule has 0 N–H and O–H groups in total. The van der Waals surface area contributed by atoms with Crippen LogP contribution in [0.1, 0.15) is 55.7 Å². The van der Waals surface area contributed by atoms with Crippen LogP contribution in [0.3, 0.4) is 0 Å². The van der Waals surface area contributed by atoms with Crippen LogP contribution in [0, 0.1) is 13.8 Å². The molecule has 0 heterocycles. The standard InChI is InChI=1S/2C11H11.CH2.2ClH.Ti/c2*1-8-6-10-5-3-4-9(2)11(10)7-8;;;;/h2*3-7H,1-2H3;1H2;2*1H;/q;;;;;+2/p-2. The number of benzene rings is 2. The molecule has 2 atom stereocenters. The summed E-state index contributed by atoms with van der Waals surface area (Å²) in [4.78, 5) is 4.84. The number of aryl methyl sites for hydroxylation is 2. The van der Waals surface area contributed by atoms with Crippen molar-refractivity contribution in [1.82, 2.24) is 0 Å². The SMILES string of the molecule is [CH2]=[Ti+2]([CH]1C(C)=Cc2c(C)cccc21)[CH]1C(C)=Cc2c(C)cccc21.[Cl-].[Cl-]. The van der Waals surface area contributed by atoms with Crippen LogP contribution in [-0.4, -0.2) is 4.82 Å². The molecule has 0 nitrogen and oxygen atoms in total. The van der Waals surface area contributed by atoms with E-state index >= 15 is 0 Å². The number of fused-ring (bicyclic) bond motifs is 2. The smallest absolute Gasteiger partial charge is 1.00 e. The van der Waals surface area contributed by atoms with Crippen LogP contribution >= 0.6 is 0 Å². The topological polar surface area (TPSA) is 0 Å². The average molecular weight is 419 g/mol. The Labute approximate surface area is 175 Å². The predicted molar refractivity (Wildman–Crippen MR) is 102 cm³/mol. The summed E-state index contributed by atoms with van der Waals surface area (Å²) in [6.07, 6.45) is 4.83. The summed E-state index contributed by atoms with van der Waals surface area (Å²) in [5.41, 5.74) is 11.8. The Bertz CT molecular complexity index is 862. The molecule has 0 fully saturated rings. The van der Waals surface area contributed by atoms with Gasteiger partial charge in [0, 0.05) is 0 Å². The van der Waals surface area contributed by atoms with E-state index in [1.807, 2.05) is 0 Å². The minimum atomic E-state index is -1.65. The van der Waals surface area contributed by atoms with Crippen molar-refractivity contribution < 1.29 is 42.2 Å². The predicted octanol–water partition coefficient (Wildman–Crippen LogP) is -0.0222. The van der Waals surface area contributed by atoms with Gasteiger partial charge in [0.25, 0.3) is 0 Å². The molecule has 0 amide bonds. The molecule has 2 unspecified atom stereocenters. The molecule has 26 heavy (non-hydrogen) atoms. The molecule has 3 heteroatoms. The second kappa shape index (κ2) is 7.99. The van der Waals surface area contributed by atoms with Crippen molar-refractivity contribution >= 4 is 17.0 Å². The van der Waals surface area contributed by atoms with Crippen molar-refractivity contribution in [3.63, 3.8) is 0 Å². The van der Waals surface area contributed by atoms with Gasteiger partial charge in [0.1, 0.15) is 0 Å². The zero-order valence-corrected chi connectivity index (χ0v) is 18.8. The molecular weight excluding hydrogens is 395 g/mol. The first-order valence-electron chi connectivity index (χ1n) is 8.73. The summed E-state index contributed by atoms with van der Waals surface area (Å²) in [6.45, 7) is 9.08. The van der Waals surface area contributed by atoms with E-state index < -0.39 is 17.4 Å². The summed E-state index contributed by atoms with van der Waals surface area (Å²) < 4.78 is 1.17. The number of hydrogen-bond acceptors (Lipinski definition) is 0. The normalized spacial score (nSPS) is 19.2. The Balaban J connectivity index is 0.00000121. The van der Waals surface area contributed by atoms with Crippen LogP contribution in [0.25, 0.3) is 12.2 Å². The molecule has 0 spiro atoms. The van der Waals surface area contributed by atoms with Gasteiger partial charge in [0.15, 0.2) is 0 Å². The summed E-state index contributed by atoms with van der Waals surface area (Å²) in [5, 5.41) is 0. The van der Waals surface area contributed by atoms with Crippen LogP contribution in [0.4, 0.5) is 0 Å². The fourth-order valence-corrected chi connectivity index (χ4v) is 9.21. The Morgan fingerprint density at radius 2 is 1.08 bits per heavy atom. The second-order valence-electron chi connectivity index (χ2n) is 7.37. The van der Waals surface area contributed by atoms with E-state index in [0.29, 0.717) is 8.45 Å². The van der Waals surface area contributed by atoms with Gasteiger partial charge in [-0.05, 0) is 0 Å². The Morgan fingerprint density at radius 3 is 1.46 bits per heavy atom. The first kappa shape index (κ1) is 21.4.